The third kappa shape index (κ3) is 3.55. The molecule has 2 atom stereocenters. The smallest absolute Gasteiger partial charge is 0.254 e. The summed E-state index contributed by atoms with van der Waals surface area (Å²) in [6, 6.07) is 15.4. The maximum absolute atomic E-state index is 13.0. The Morgan fingerprint density at radius 1 is 1.10 bits per heavy atom. The predicted molar refractivity (Wildman–Crippen MR) is 112 cm³/mol. The minimum atomic E-state index is -0.121. The lowest BCUT2D eigenvalue weighted by molar-refractivity contribution is -0.00461. The van der Waals surface area contributed by atoms with E-state index in [4.69, 9.17) is 14.2 Å². The molecule has 2 aliphatic rings. The van der Waals surface area contributed by atoms with Crippen LogP contribution < -0.4 is 4.74 Å². The predicted octanol–water partition coefficient (Wildman–Crippen LogP) is 2.92. The maximum atomic E-state index is 13.0. The molecular weight excluding hydrogens is 382 g/mol. The molecule has 0 radical (unpaired) electrons. The van der Waals surface area contributed by atoms with Crippen LogP contribution in [0.3, 0.4) is 0 Å². The van der Waals surface area contributed by atoms with E-state index < -0.39 is 0 Å². The largest absolute Gasteiger partial charge is 0.494 e. The summed E-state index contributed by atoms with van der Waals surface area (Å²) >= 11 is 0. The second kappa shape index (κ2) is 8.08. The van der Waals surface area contributed by atoms with Gasteiger partial charge in [-0.05, 0) is 37.3 Å². The molecule has 0 bridgehead atoms. The second-order valence-corrected chi connectivity index (χ2v) is 7.71. The highest BCUT2D eigenvalue weighted by Crippen LogP contribution is 2.27. The first kappa shape index (κ1) is 19.1. The molecule has 7 heteroatoms. The van der Waals surface area contributed by atoms with Gasteiger partial charge in [-0.3, -0.25) is 4.79 Å². The number of carbonyl (C=O) groups excluding carboxylic acids is 1. The Bertz CT molecular complexity index is 1030. The molecule has 1 aromatic heterocycles. The molecule has 3 heterocycles. The fraction of sp³-hybridized carbons (Fsp3) is 0.391. The summed E-state index contributed by atoms with van der Waals surface area (Å²) in [5, 5.41) is 0. The van der Waals surface area contributed by atoms with Gasteiger partial charge in [-0.15, -0.1) is 0 Å². The van der Waals surface area contributed by atoms with Crippen molar-refractivity contribution in [3.05, 3.63) is 60.4 Å². The van der Waals surface area contributed by atoms with E-state index in [1.54, 1.807) is 6.07 Å². The molecule has 30 heavy (non-hydrogen) atoms. The SMILES string of the molecule is CCOc1cccc(C(=O)N2C[C@@H]3OCC(n4cnc5ccccc54)CO[C@H]3C2)c1. The zero-order chi connectivity index (χ0) is 20.5. The average Bonchev–Trinajstić information content (AvgIpc) is 3.34. The Balaban J connectivity index is 1.26. The number of benzene rings is 2. The van der Waals surface area contributed by atoms with Crippen molar-refractivity contribution < 1.29 is 19.0 Å². The molecule has 156 valence electrons. The van der Waals surface area contributed by atoms with Crippen LogP contribution >= 0.6 is 0 Å². The first-order valence-corrected chi connectivity index (χ1v) is 10.4. The van der Waals surface area contributed by atoms with Crippen molar-refractivity contribution in [1.29, 1.82) is 0 Å². The topological polar surface area (TPSA) is 65.8 Å². The van der Waals surface area contributed by atoms with E-state index in [-0.39, 0.29) is 24.2 Å². The summed E-state index contributed by atoms with van der Waals surface area (Å²) in [5.74, 6) is 0.689. The Hall–Kier alpha value is -2.90. The molecule has 0 spiro atoms. The fourth-order valence-corrected chi connectivity index (χ4v) is 4.25. The summed E-state index contributed by atoms with van der Waals surface area (Å²) in [6.45, 7) is 4.62. The summed E-state index contributed by atoms with van der Waals surface area (Å²) in [5.41, 5.74) is 2.67. The highest BCUT2D eigenvalue weighted by Gasteiger charge is 2.40. The van der Waals surface area contributed by atoms with Gasteiger partial charge in [-0.1, -0.05) is 18.2 Å². The molecule has 0 unspecified atom stereocenters. The first-order valence-electron chi connectivity index (χ1n) is 10.4. The van der Waals surface area contributed by atoms with Gasteiger partial charge >= 0.3 is 0 Å². The van der Waals surface area contributed by atoms with Crippen molar-refractivity contribution in [2.24, 2.45) is 0 Å². The van der Waals surface area contributed by atoms with Crippen LogP contribution in [0.4, 0.5) is 0 Å². The number of ether oxygens (including phenoxy) is 3. The van der Waals surface area contributed by atoms with E-state index in [0.29, 0.717) is 44.2 Å². The van der Waals surface area contributed by atoms with Crippen LogP contribution in [0.1, 0.15) is 23.3 Å². The highest BCUT2D eigenvalue weighted by molar-refractivity contribution is 5.94. The van der Waals surface area contributed by atoms with Crippen LogP contribution in [-0.2, 0) is 9.47 Å². The number of rotatable bonds is 4. The standard InChI is InChI=1S/C23H25N3O4/c1-2-28-18-7-5-6-16(10-18)23(27)25-11-21-22(12-25)30-14-17(13-29-21)26-15-24-19-8-3-4-9-20(19)26/h3-10,15,17,21-22H,2,11-14H2,1H3/t21-,22-/m0/s1. The quantitative estimate of drug-likeness (QED) is 0.665. The molecule has 2 saturated heterocycles. The molecule has 5 rings (SSSR count). The average molecular weight is 407 g/mol. The maximum Gasteiger partial charge on any atom is 0.254 e. The molecule has 2 aromatic carbocycles. The first-order chi connectivity index (χ1) is 14.7. The number of para-hydroxylation sites is 2. The molecule has 1 amide bonds. The molecular formula is C23H25N3O4. The van der Waals surface area contributed by atoms with E-state index in [9.17, 15) is 4.79 Å². The van der Waals surface area contributed by atoms with Gasteiger partial charge in [-0.2, -0.15) is 0 Å². The minimum absolute atomic E-state index is 0.0195. The van der Waals surface area contributed by atoms with Crippen molar-refractivity contribution in [2.75, 3.05) is 32.9 Å². The summed E-state index contributed by atoms with van der Waals surface area (Å²) in [7, 11) is 0. The molecule has 2 fully saturated rings. The van der Waals surface area contributed by atoms with Gasteiger partial charge in [0.25, 0.3) is 5.91 Å². The molecule has 3 aromatic rings. The van der Waals surface area contributed by atoms with Crippen molar-refractivity contribution >= 4 is 16.9 Å². The number of amides is 1. The minimum Gasteiger partial charge on any atom is -0.494 e. The van der Waals surface area contributed by atoms with Gasteiger partial charge in [0.1, 0.15) is 18.0 Å². The summed E-state index contributed by atoms with van der Waals surface area (Å²) in [4.78, 5) is 19.3. The third-order valence-electron chi connectivity index (χ3n) is 5.77. The van der Waals surface area contributed by atoms with Gasteiger partial charge in [0.05, 0.1) is 43.2 Å². The van der Waals surface area contributed by atoms with E-state index >= 15 is 0 Å². The van der Waals surface area contributed by atoms with Crippen LogP contribution in [0.5, 0.6) is 5.75 Å². The Labute approximate surface area is 175 Å². The van der Waals surface area contributed by atoms with Gasteiger partial charge in [0.15, 0.2) is 0 Å². The Morgan fingerprint density at radius 3 is 2.63 bits per heavy atom. The lowest BCUT2D eigenvalue weighted by atomic mass is 10.2. The van der Waals surface area contributed by atoms with E-state index in [2.05, 4.69) is 15.6 Å². The summed E-state index contributed by atoms with van der Waals surface area (Å²) in [6.07, 6.45) is 1.61. The molecule has 0 saturated carbocycles. The number of carbonyl (C=O) groups is 1. The number of likely N-dealkylation sites (tertiary alicyclic amines) is 1. The number of fused-ring (bicyclic) bond motifs is 2. The molecule has 0 aliphatic carbocycles. The van der Waals surface area contributed by atoms with Crippen LogP contribution in [0.2, 0.25) is 0 Å². The number of aromatic nitrogens is 2. The lowest BCUT2D eigenvalue weighted by Crippen LogP contribution is -2.31. The van der Waals surface area contributed by atoms with Crippen molar-refractivity contribution in [3.8, 4) is 5.75 Å². The number of hydrogen-bond acceptors (Lipinski definition) is 5. The Kier molecular flexibility index (Phi) is 5.14. The van der Waals surface area contributed by atoms with Gasteiger partial charge in [0, 0.05) is 18.7 Å². The molecule has 7 nitrogen and oxygen atoms in total. The van der Waals surface area contributed by atoms with Gasteiger partial charge < -0.3 is 23.7 Å². The molecule has 2 aliphatic heterocycles. The lowest BCUT2D eigenvalue weighted by Gasteiger charge is -2.20. The molecule has 0 N–H and O–H groups in total. The van der Waals surface area contributed by atoms with Crippen molar-refractivity contribution in [3.63, 3.8) is 0 Å². The Morgan fingerprint density at radius 2 is 1.87 bits per heavy atom. The zero-order valence-corrected chi connectivity index (χ0v) is 16.9. The highest BCUT2D eigenvalue weighted by atomic mass is 16.6. The number of hydrogen-bond donors (Lipinski definition) is 0. The van der Waals surface area contributed by atoms with Crippen LogP contribution in [0.15, 0.2) is 54.9 Å². The van der Waals surface area contributed by atoms with E-state index in [0.717, 1.165) is 11.0 Å². The van der Waals surface area contributed by atoms with Crippen LogP contribution in [0, 0.1) is 0 Å². The monoisotopic (exact) mass is 407 g/mol. The normalized spacial score (nSPS) is 22.1. The van der Waals surface area contributed by atoms with E-state index in [1.165, 1.54) is 0 Å². The number of imidazole rings is 1. The van der Waals surface area contributed by atoms with Gasteiger partial charge in [0.2, 0.25) is 0 Å². The van der Waals surface area contributed by atoms with Crippen LogP contribution in [-0.4, -0.2) is 65.5 Å². The van der Waals surface area contributed by atoms with Gasteiger partial charge in [-0.25, -0.2) is 4.98 Å². The number of nitrogens with zero attached hydrogens (tertiary/aromatic N) is 3. The third-order valence-corrected chi connectivity index (χ3v) is 5.77. The van der Waals surface area contributed by atoms with Crippen molar-refractivity contribution in [2.45, 2.75) is 25.2 Å². The van der Waals surface area contributed by atoms with Crippen molar-refractivity contribution in [1.82, 2.24) is 14.5 Å². The fourth-order valence-electron chi connectivity index (χ4n) is 4.25. The second-order valence-electron chi connectivity index (χ2n) is 7.71. The zero-order valence-electron chi connectivity index (χ0n) is 16.9. The summed E-state index contributed by atoms with van der Waals surface area (Å²) < 4.78 is 20.0. The van der Waals surface area contributed by atoms with Crippen LogP contribution in [0.25, 0.3) is 11.0 Å². The van der Waals surface area contributed by atoms with E-state index in [1.807, 2.05) is 54.5 Å².